The molecule has 8 heteroatoms. The van der Waals surface area contributed by atoms with Crippen LogP contribution in [0.3, 0.4) is 0 Å². The van der Waals surface area contributed by atoms with Gasteiger partial charge in [-0.3, -0.25) is 9.39 Å². The predicted molar refractivity (Wildman–Crippen MR) is 105 cm³/mol. The molecule has 0 aromatic heterocycles. The third-order valence-corrected chi connectivity index (χ3v) is 6.05. The molecule has 21 heavy (non-hydrogen) atoms. The molecule has 126 valence electrons. The Bertz CT molecular complexity index is 374. The topological polar surface area (TPSA) is 34.1 Å². The van der Waals surface area contributed by atoms with Crippen molar-refractivity contribution in [1.82, 2.24) is 4.73 Å². The minimum absolute atomic E-state index is 0.745. The van der Waals surface area contributed by atoms with E-state index in [4.69, 9.17) is 13.6 Å². The number of hydrogen-bond acceptors (Lipinski definition) is 3. The van der Waals surface area contributed by atoms with Crippen molar-refractivity contribution >= 4 is 39.1 Å². The van der Waals surface area contributed by atoms with Crippen molar-refractivity contribution in [3.05, 3.63) is 0 Å². The molecule has 0 amide bonds. The summed E-state index contributed by atoms with van der Waals surface area (Å²) in [6.07, 6.45) is 0. The Balaban J connectivity index is 5.75. The van der Waals surface area contributed by atoms with Gasteiger partial charge in [-0.15, -0.1) is 0 Å². The first-order chi connectivity index (χ1) is 8.91. The highest BCUT2D eigenvalue weighted by atomic mass is 28.4. The summed E-state index contributed by atoms with van der Waals surface area (Å²) < 4.78 is 19.7. The molecule has 0 aromatic rings. The van der Waals surface area contributed by atoms with Gasteiger partial charge >= 0.3 is 0 Å². The van der Waals surface area contributed by atoms with Crippen molar-refractivity contribution in [3.63, 3.8) is 0 Å². The van der Waals surface area contributed by atoms with Gasteiger partial charge in [0.15, 0.2) is 16.5 Å². The third kappa shape index (κ3) is 10.5. The van der Waals surface area contributed by atoms with Gasteiger partial charge in [-0.25, -0.2) is 0 Å². The lowest BCUT2D eigenvalue weighted by Crippen LogP contribution is -2.57. The van der Waals surface area contributed by atoms with E-state index in [-0.39, 0.29) is 0 Å². The number of hydroxylamine groups is 1. The van der Waals surface area contributed by atoms with Crippen LogP contribution in [0.5, 0.6) is 0 Å². The maximum atomic E-state index is 6.38. The van der Waals surface area contributed by atoms with E-state index in [1.165, 1.54) is 0 Å². The van der Waals surface area contributed by atoms with E-state index in [1.807, 2.05) is 0 Å². The van der Waals surface area contributed by atoms with Gasteiger partial charge in [0.2, 0.25) is 16.6 Å². The summed E-state index contributed by atoms with van der Waals surface area (Å²) in [6.45, 7) is 26.8. The lowest BCUT2D eigenvalue weighted by molar-refractivity contribution is 0.0707. The lowest BCUT2D eigenvalue weighted by Gasteiger charge is -2.41. The van der Waals surface area contributed by atoms with Crippen molar-refractivity contribution in [2.45, 2.75) is 78.6 Å². The number of hydrogen-bond donors (Lipinski definition) is 0. The summed E-state index contributed by atoms with van der Waals surface area (Å²) >= 11 is 0. The van der Waals surface area contributed by atoms with Crippen molar-refractivity contribution in [1.29, 1.82) is 0 Å². The minimum Gasteiger partial charge on any atom is -0.519 e. The first kappa shape index (κ1) is 21.1. The number of amidine groups is 1. The fourth-order valence-corrected chi connectivity index (χ4v) is 6.29. The van der Waals surface area contributed by atoms with Gasteiger partial charge in [0.25, 0.3) is 6.02 Å². The highest BCUT2D eigenvalue weighted by Crippen LogP contribution is 2.21. The second-order valence-corrected chi connectivity index (χ2v) is 27.6. The Kier molecular flexibility index (Phi) is 6.72. The fraction of sp³-hybridized carbons (Fsp3) is 0.923. The molecule has 0 radical (unpaired) electrons. The van der Waals surface area contributed by atoms with Gasteiger partial charge in [-0.05, 0) is 78.6 Å². The smallest absolute Gasteiger partial charge is 0.278 e. The largest absolute Gasteiger partial charge is 0.519 e. The minimum atomic E-state index is -1.73. The number of rotatable bonds is 5. The van der Waals surface area contributed by atoms with Crippen molar-refractivity contribution < 1.29 is 8.95 Å². The second kappa shape index (κ2) is 6.69. The van der Waals surface area contributed by atoms with Gasteiger partial charge < -0.3 is 8.95 Å². The quantitative estimate of drug-likeness (QED) is 0.300. The zero-order valence-corrected chi connectivity index (χ0v) is 20.2. The normalized spacial score (nSPS) is 15.1. The molecule has 0 aliphatic rings. The summed E-state index contributed by atoms with van der Waals surface area (Å²) in [5.41, 5.74) is 0. The zero-order chi connectivity index (χ0) is 17.3. The van der Waals surface area contributed by atoms with Gasteiger partial charge in [0.05, 0.1) is 0 Å². The molecular formula is C13H36N2O2Si4. The van der Waals surface area contributed by atoms with E-state index in [0.717, 1.165) is 6.02 Å². The molecule has 0 aliphatic heterocycles. The summed E-state index contributed by atoms with van der Waals surface area (Å²) in [4.78, 5) is 0. The van der Waals surface area contributed by atoms with Crippen LogP contribution >= 0.6 is 0 Å². The Hall–Kier alpha value is 0.0975. The van der Waals surface area contributed by atoms with Crippen molar-refractivity contribution in [3.8, 4) is 0 Å². The molecule has 0 aliphatic carbocycles. The first-order valence-electron chi connectivity index (χ1n) is 7.69. The van der Waals surface area contributed by atoms with Gasteiger partial charge in [-0.1, -0.05) is 0 Å². The SMILES string of the molecule is C[Si](C)(C)/N=C(\O[Si](C)(C)C)N(O[Si](C)(C)C)[Si](C)(C)C. The van der Waals surface area contributed by atoms with Crippen molar-refractivity contribution in [2.24, 2.45) is 4.66 Å². The average molecular weight is 365 g/mol. The fourth-order valence-electron chi connectivity index (χ4n) is 1.41. The molecule has 0 bridgehead atoms. The zero-order valence-electron chi connectivity index (χ0n) is 16.2. The van der Waals surface area contributed by atoms with Crippen LogP contribution in [0.4, 0.5) is 0 Å². The third-order valence-electron chi connectivity index (χ3n) is 1.98. The maximum absolute atomic E-state index is 6.38. The summed E-state index contributed by atoms with van der Waals surface area (Å²) in [5.74, 6) is 0. The lowest BCUT2D eigenvalue weighted by atomic mass is 11.2. The Labute approximate surface area is 136 Å². The molecule has 0 atom stereocenters. The summed E-state index contributed by atoms with van der Waals surface area (Å²) in [5, 5.41) is 0. The molecule has 0 fully saturated rings. The van der Waals surface area contributed by atoms with Crippen LogP contribution in [0, 0.1) is 0 Å². The van der Waals surface area contributed by atoms with E-state index in [1.54, 1.807) is 0 Å². The van der Waals surface area contributed by atoms with Crippen LogP contribution in [-0.4, -0.2) is 43.9 Å². The summed E-state index contributed by atoms with van der Waals surface area (Å²) in [6, 6.07) is 0.745. The Morgan fingerprint density at radius 2 is 1.14 bits per heavy atom. The van der Waals surface area contributed by atoms with E-state index < -0.39 is 33.1 Å². The maximum Gasteiger partial charge on any atom is 0.278 e. The highest BCUT2D eigenvalue weighted by molar-refractivity contribution is 6.80. The van der Waals surface area contributed by atoms with Gasteiger partial charge in [-0.2, -0.15) is 0 Å². The van der Waals surface area contributed by atoms with Crippen LogP contribution in [0.2, 0.25) is 78.6 Å². The molecule has 0 saturated carbocycles. The van der Waals surface area contributed by atoms with Crippen molar-refractivity contribution in [2.75, 3.05) is 0 Å². The monoisotopic (exact) mass is 364 g/mol. The number of nitrogens with zero attached hydrogens (tertiary/aromatic N) is 2. The standard InChI is InChI=1S/C13H36N2O2Si4/c1-18(2,3)14-13(16-20(7,8)9)15(19(4,5)6)17-21(10,11)12/h1-12H3/b14-13-. The first-order valence-corrected chi connectivity index (χ1v) is 21.4. The molecule has 0 unspecified atom stereocenters. The van der Waals surface area contributed by atoms with Crippen LogP contribution in [-0.2, 0) is 8.95 Å². The van der Waals surface area contributed by atoms with E-state index in [0.29, 0.717) is 0 Å². The molecular weight excluding hydrogens is 328 g/mol. The van der Waals surface area contributed by atoms with Crippen LogP contribution in [0.1, 0.15) is 0 Å². The van der Waals surface area contributed by atoms with Crippen LogP contribution in [0.25, 0.3) is 0 Å². The van der Waals surface area contributed by atoms with E-state index in [2.05, 4.69) is 83.3 Å². The molecule has 0 saturated heterocycles. The Morgan fingerprint density at radius 1 is 0.714 bits per heavy atom. The summed E-state index contributed by atoms with van der Waals surface area (Å²) in [7, 11) is -6.80. The van der Waals surface area contributed by atoms with E-state index in [9.17, 15) is 0 Å². The van der Waals surface area contributed by atoms with Gasteiger partial charge in [0.1, 0.15) is 0 Å². The Morgan fingerprint density at radius 3 is 1.38 bits per heavy atom. The van der Waals surface area contributed by atoms with Gasteiger partial charge in [0, 0.05) is 0 Å². The molecule has 0 N–H and O–H groups in total. The second-order valence-electron chi connectivity index (χ2n) is 9.45. The molecule has 0 aromatic carbocycles. The molecule has 0 rings (SSSR count). The molecule has 4 nitrogen and oxygen atoms in total. The van der Waals surface area contributed by atoms with Crippen LogP contribution in [0.15, 0.2) is 4.66 Å². The predicted octanol–water partition coefficient (Wildman–Crippen LogP) is 4.93. The molecule has 0 spiro atoms. The highest BCUT2D eigenvalue weighted by Gasteiger charge is 2.36. The van der Waals surface area contributed by atoms with Crippen LogP contribution < -0.4 is 0 Å². The van der Waals surface area contributed by atoms with E-state index >= 15 is 0 Å². The molecule has 0 heterocycles. The average Bonchev–Trinajstić information content (AvgIpc) is 2.04.